The van der Waals surface area contributed by atoms with Crippen molar-refractivity contribution in [2.75, 3.05) is 0 Å². The fourth-order valence-electron chi connectivity index (χ4n) is 0.670. The van der Waals surface area contributed by atoms with Gasteiger partial charge in [-0.2, -0.15) is 0 Å². The highest BCUT2D eigenvalue weighted by Crippen LogP contribution is 1.96. The molecule has 0 aromatic heterocycles. The molecule has 0 aromatic rings. The van der Waals surface area contributed by atoms with E-state index in [1.54, 1.807) is 0 Å². The third-order valence-corrected chi connectivity index (χ3v) is 1.11. The van der Waals surface area contributed by atoms with Gasteiger partial charge in [-0.1, -0.05) is 36.5 Å². The lowest BCUT2D eigenvalue weighted by Gasteiger charge is -1.86. The van der Waals surface area contributed by atoms with Gasteiger partial charge in [-0.05, 0) is 12.8 Å². The Hall–Kier alpha value is -0.780. The molecule has 0 spiro atoms. The second-order valence-electron chi connectivity index (χ2n) is 1.82. The molecule has 0 heteroatoms. The average molecular weight is 106 g/mol. The Morgan fingerprint density at radius 1 is 0.625 bits per heavy atom. The smallest absolute Gasteiger partial charge is 0.0313 e. The van der Waals surface area contributed by atoms with Gasteiger partial charge in [0, 0.05) is 0 Å². The van der Waals surface area contributed by atoms with Gasteiger partial charge in [0.15, 0.2) is 0 Å². The van der Waals surface area contributed by atoms with Crippen LogP contribution in [0, 0.1) is 0 Å². The molecule has 1 aliphatic carbocycles. The third-order valence-electron chi connectivity index (χ3n) is 1.11. The standard InChI is InChI=1S/C8H10/c1-2-4-6-8-7-5-3-1/h1-6H,7-8H2/b2-1-,5-3-,6-4?. The second-order valence-corrected chi connectivity index (χ2v) is 1.82. The molecule has 0 aromatic carbocycles. The second kappa shape index (κ2) is 3.25. The van der Waals surface area contributed by atoms with E-state index in [9.17, 15) is 0 Å². The van der Waals surface area contributed by atoms with Crippen molar-refractivity contribution in [3.05, 3.63) is 36.5 Å². The van der Waals surface area contributed by atoms with Crippen molar-refractivity contribution in [2.45, 2.75) is 12.8 Å². The van der Waals surface area contributed by atoms with Gasteiger partial charge in [-0.3, -0.25) is 0 Å². The zero-order chi connectivity index (χ0) is 5.66. The van der Waals surface area contributed by atoms with E-state index in [2.05, 4.69) is 36.5 Å². The fourth-order valence-corrected chi connectivity index (χ4v) is 0.670. The molecule has 0 heterocycles. The summed E-state index contributed by atoms with van der Waals surface area (Å²) in [6.07, 6.45) is 15.0. The quantitative estimate of drug-likeness (QED) is 0.445. The maximum absolute atomic E-state index is 2.18. The number of hydrogen-bond donors (Lipinski definition) is 0. The van der Waals surface area contributed by atoms with Crippen LogP contribution in [-0.4, -0.2) is 0 Å². The van der Waals surface area contributed by atoms with Gasteiger partial charge in [0.1, 0.15) is 0 Å². The molecule has 0 bridgehead atoms. The van der Waals surface area contributed by atoms with Gasteiger partial charge in [-0.15, -0.1) is 0 Å². The van der Waals surface area contributed by atoms with Crippen LogP contribution in [0.2, 0.25) is 0 Å². The molecule has 8 heavy (non-hydrogen) atoms. The van der Waals surface area contributed by atoms with E-state index in [1.807, 2.05) is 0 Å². The molecule has 0 amide bonds. The minimum Gasteiger partial charge on any atom is -0.0842 e. The first kappa shape index (κ1) is 5.36. The predicted octanol–water partition coefficient (Wildman–Crippen LogP) is 2.45. The zero-order valence-corrected chi connectivity index (χ0v) is 4.88. The lowest BCUT2D eigenvalue weighted by molar-refractivity contribution is 1.05. The summed E-state index contributed by atoms with van der Waals surface area (Å²) < 4.78 is 0. The van der Waals surface area contributed by atoms with Gasteiger partial charge in [0.05, 0.1) is 0 Å². The minimum absolute atomic E-state index is 1.18. The first-order valence-electron chi connectivity index (χ1n) is 2.98. The molecule has 0 radical (unpaired) electrons. The van der Waals surface area contributed by atoms with Gasteiger partial charge >= 0.3 is 0 Å². The monoisotopic (exact) mass is 106 g/mol. The molecule has 0 nitrogen and oxygen atoms in total. The van der Waals surface area contributed by atoms with E-state index in [1.165, 1.54) is 12.8 Å². The van der Waals surface area contributed by atoms with Crippen LogP contribution < -0.4 is 0 Å². The highest BCUT2D eigenvalue weighted by Gasteiger charge is 1.75. The highest BCUT2D eigenvalue weighted by molar-refractivity contribution is 5.13. The summed E-state index contributed by atoms with van der Waals surface area (Å²) in [5.74, 6) is 0. The number of allylic oxidation sites excluding steroid dienone is 6. The molecule has 0 unspecified atom stereocenters. The van der Waals surface area contributed by atoms with E-state index in [4.69, 9.17) is 0 Å². The summed E-state index contributed by atoms with van der Waals surface area (Å²) in [5, 5.41) is 0. The summed E-state index contributed by atoms with van der Waals surface area (Å²) in [4.78, 5) is 0. The minimum atomic E-state index is 1.18. The van der Waals surface area contributed by atoms with Crippen LogP contribution in [-0.2, 0) is 0 Å². The van der Waals surface area contributed by atoms with Gasteiger partial charge in [0.25, 0.3) is 0 Å². The fraction of sp³-hybridized carbons (Fsp3) is 0.250. The lowest BCUT2D eigenvalue weighted by atomic mass is 10.2. The largest absolute Gasteiger partial charge is 0.0842 e. The average Bonchev–Trinajstić information content (AvgIpc) is 1.62. The van der Waals surface area contributed by atoms with Crippen LogP contribution in [0.4, 0.5) is 0 Å². The Morgan fingerprint density at radius 2 is 1.12 bits per heavy atom. The maximum atomic E-state index is 2.18. The molecule has 42 valence electrons. The molecule has 0 fully saturated rings. The topological polar surface area (TPSA) is 0 Å². The molecule has 0 atom stereocenters. The van der Waals surface area contributed by atoms with Crippen LogP contribution in [0.15, 0.2) is 36.5 Å². The molecular formula is C8H10. The van der Waals surface area contributed by atoms with Crippen molar-refractivity contribution in [1.82, 2.24) is 0 Å². The Morgan fingerprint density at radius 3 is 1.62 bits per heavy atom. The van der Waals surface area contributed by atoms with Gasteiger partial charge in [0.2, 0.25) is 0 Å². The van der Waals surface area contributed by atoms with E-state index >= 15 is 0 Å². The summed E-state index contributed by atoms with van der Waals surface area (Å²) in [6, 6.07) is 0. The third kappa shape index (κ3) is 1.78. The van der Waals surface area contributed by atoms with E-state index in [0.29, 0.717) is 0 Å². The van der Waals surface area contributed by atoms with Crippen molar-refractivity contribution in [1.29, 1.82) is 0 Å². The van der Waals surface area contributed by atoms with Crippen LogP contribution in [0.3, 0.4) is 0 Å². The van der Waals surface area contributed by atoms with E-state index in [-0.39, 0.29) is 0 Å². The molecule has 0 aliphatic heterocycles. The zero-order valence-electron chi connectivity index (χ0n) is 4.88. The molecule has 0 saturated heterocycles. The normalized spacial score (nSPS) is 26.0. The van der Waals surface area contributed by atoms with Crippen molar-refractivity contribution in [2.24, 2.45) is 0 Å². The van der Waals surface area contributed by atoms with Gasteiger partial charge < -0.3 is 0 Å². The van der Waals surface area contributed by atoms with Crippen LogP contribution in [0.1, 0.15) is 12.8 Å². The number of hydrogen-bond acceptors (Lipinski definition) is 0. The summed E-state index contributed by atoms with van der Waals surface area (Å²) >= 11 is 0. The summed E-state index contributed by atoms with van der Waals surface area (Å²) in [7, 11) is 0. The Balaban J connectivity index is 2.51. The van der Waals surface area contributed by atoms with Crippen molar-refractivity contribution >= 4 is 0 Å². The molecule has 1 rings (SSSR count). The van der Waals surface area contributed by atoms with E-state index < -0.39 is 0 Å². The Labute approximate surface area is 50.2 Å². The lowest BCUT2D eigenvalue weighted by Crippen LogP contribution is -1.65. The summed E-state index contributed by atoms with van der Waals surface area (Å²) in [6.45, 7) is 0. The first-order chi connectivity index (χ1) is 4.00. The molecule has 0 N–H and O–H groups in total. The van der Waals surface area contributed by atoms with Gasteiger partial charge in [-0.25, -0.2) is 0 Å². The van der Waals surface area contributed by atoms with Crippen LogP contribution in [0.25, 0.3) is 0 Å². The van der Waals surface area contributed by atoms with Crippen molar-refractivity contribution in [3.8, 4) is 0 Å². The first-order valence-corrected chi connectivity index (χ1v) is 2.98. The Bertz CT molecular complexity index is 111. The SMILES string of the molecule is C1=CCC/C=C\C=C/1. The van der Waals surface area contributed by atoms with Crippen molar-refractivity contribution in [3.63, 3.8) is 0 Å². The molecule has 0 saturated carbocycles. The van der Waals surface area contributed by atoms with Crippen LogP contribution in [0.5, 0.6) is 0 Å². The summed E-state index contributed by atoms with van der Waals surface area (Å²) in [5.41, 5.74) is 0. The van der Waals surface area contributed by atoms with Crippen molar-refractivity contribution < 1.29 is 0 Å². The molecular weight excluding hydrogens is 96.1 g/mol. The van der Waals surface area contributed by atoms with E-state index in [0.717, 1.165) is 0 Å². The Kier molecular flexibility index (Phi) is 2.18. The predicted molar refractivity (Wildman–Crippen MR) is 36.7 cm³/mol. The highest BCUT2D eigenvalue weighted by atomic mass is 13.8. The van der Waals surface area contributed by atoms with Crippen LogP contribution >= 0.6 is 0 Å². The maximum Gasteiger partial charge on any atom is -0.0313 e. The number of rotatable bonds is 0. The molecule has 1 aliphatic rings.